The summed E-state index contributed by atoms with van der Waals surface area (Å²) in [6, 6.07) is 3.49. The third kappa shape index (κ3) is 1.48. The Morgan fingerprint density at radius 3 is 3.00 bits per heavy atom. The number of hydrogen-bond acceptors (Lipinski definition) is 1. The van der Waals surface area contributed by atoms with Gasteiger partial charge in [0.15, 0.2) is 0 Å². The molecule has 78 valence electrons. The van der Waals surface area contributed by atoms with Crippen molar-refractivity contribution in [2.24, 2.45) is 0 Å². The maximum atomic E-state index is 3.35. The van der Waals surface area contributed by atoms with Crippen LogP contribution in [0.4, 0.5) is 0 Å². The van der Waals surface area contributed by atoms with Gasteiger partial charge in [-0.15, -0.1) is 0 Å². The van der Waals surface area contributed by atoms with E-state index >= 15 is 0 Å². The molecule has 1 aromatic heterocycles. The van der Waals surface area contributed by atoms with Gasteiger partial charge in [0.2, 0.25) is 0 Å². The monoisotopic (exact) mass is 192 g/mol. The first-order chi connectivity index (χ1) is 6.74. The van der Waals surface area contributed by atoms with Crippen LogP contribution in [-0.4, -0.2) is 22.5 Å². The first kappa shape index (κ1) is 9.78. The van der Waals surface area contributed by atoms with Crippen LogP contribution in [0, 0.1) is 0 Å². The number of aromatic amines is 1. The second-order valence-corrected chi connectivity index (χ2v) is 4.38. The lowest BCUT2D eigenvalue weighted by Crippen LogP contribution is -2.41. The minimum atomic E-state index is 0.583. The number of aromatic nitrogens is 1. The van der Waals surface area contributed by atoms with Crippen molar-refractivity contribution in [1.29, 1.82) is 0 Å². The number of nitrogens with zero attached hydrogens (tertiary/aromatic N) is 1. The Bertz CT molecular complexity index is 303. The topological polar surface area (TPSA) is 19.0 Å². The molecule has 2 unspecified atom stereocenters. The van der Waals surface area contributed by atoms with E-state index in [1.165, 1.54) is 30.6 Å². The van der Waals surface area contributed by atoms with Crippen molar-refractivity contribution >= 4 is 0 Å². The van der Waals surface area contributed by atoms with Gasteiger partial charge >= 0.3 is 0 Å². The Hall–Kier alpha value is -0.760. The van der Waals surface area contributed by atoms with Crippen LogP contribution in [0.3, 0.4) is 0 Å². The maximum Gasteiger partial charge on any atom is 0.0340 e. The number of hydrogen-bond donors (Lipinski definition) is 1. The van der Waals surface area contributed by atoms with E-state index < -0.39 is 0 Å². The van der Waals surface area contributed by atoms with Gasteiger partial charge in [0.25, 0.3) is 0 Å². The predicted octanol–water partition coefficient (Wildman–Crippen LogP) is 2.73. The lowest BCUT2D eigenvalue weighted by atomic mass is 9.95. The van der Waals surface area contributed by atoms with Crippen molar-refractivity contribution in [2.45, 2.75) is 45.7 Å². The Kier molecular flexibility index (Phi) is 2.64. The van der Waals surface area contributed by atoms with E-state index in [2.05, 4.69) is 42.9 Å². The van der Waals surface area contributed by atoms with Crippen LogP contribution in [0.25, 0.3) is 0 Å². The molecule has 2 nitrogen and oxygen atoms in total. The quantitative estimate of drug-likeness (QED) is 0.763. The Morgan fingerprint density at radius 2 is 2.29 bits per heavy atom. The molecule has 1 aliphatic rings. The highest BCUT2D eigenvalue weighted by Crippen LogP contribution is 2.31. The van der Waals surface area contributed by atoms with Gasteiger partial charge in [-0.05, 0) is 38.4 Å². The van der Waals surface area contributed by atoms with Gasteiger partial charge in [0.05, 0.1) is 0 Å². The van der Waals surface area contributed by atoms with Gasteiger partial charge in [0, 0.05) is 30.4 Å². The number of rotatable bonds is 2. The molecule has 1 aliphatic heterocycles. The van der Waals surface area contributed by atoms with Crippen LogP contribution in [0.2, 0.25) is 0 Å². The Morgan fingerprint density at radius 1 is 1.50 bits per heavy atom. The van der Waals surface area contributed by atoms with Crippen molar-refractivity contribution in [2.75, 3.05) is 6.54 Å². The summed E-state index contributed by atoms with van der Waals surface area (Å²) in [5.74, 6) is 0. The number of nitrogens with one attached hydrogen (secondary N) is 1. The minimum absolute atomic E-state index is 0.583. The van der Waals surface area contributed by atoms with Gasteiger partial charge in [-0.25, -0.2) is 0 Å². The van der Waals surface area contributed by atoms with E-state index in [4.69, 9.17) is 0 Å². The fourth-order valence-corrected chi connectivity index (χ4v) is 2.63. The molecule has 2 atom stereocenters. The zero-order valence-corrected chi connectivity index (χ0v) is 9.38. The molecule has 0 aromatic carbocycles. The minimum Gasteiger partial charge on any atom is -0.365 e. The molecule has 0 fully saturated rings. The molecule has 0 radical (unpaired) electrons. The van der Waals surface area contributed by atoms with E-state index in [9.17, 15) is 0 Å². The smallest absolute Gasteiger partial charge is 0.0340 e. The molecule has 14 heavy (non-hydrogen) atoms. The summed E-state index contributed by atoms with van der Waals surface area (Å²) in [4.78, 5) is 5.96. The standard InChI is InChI=1S/C12H20N2/c1-4-7-14-9(2)8-12-11(10(14)3)5-6-13-12/h5-6,9-10,13H,4,7-8H2,1-3H3. The van der Waals surface area contributed by atoms with E-state index in [1.807, 2.05) is 0 Å². The average Bonchev–Trinajstić information content (AvgIpc) is 2.60. The normalized spacial score (nSPS) is 27.6. The molecular weight excluding hydrogens is 172 g/mol. The SMILES string of the molecule is CCCN1C(C)Cc2[nH]ccc2C1C. The van der Waals surface area contributed by atoms with Crippen LogP contribution in [-0.2, 0) is 6.42 Å². The van der Waals surface area contributed by atoms with E-state index in [0.29, 0.717) is 12.1 Å². The van der Waals surface area contributed by atoms with Crippen LogP contribution < -0.4 is 0 Å². The lowest BCUT2D eigenvalue weighted by molar-refractivity contribution is 0.138. The average molecular weight is 192 g/mol. The Labute approximate surface area is 86.3 Å². The summed E-state index contributed by atoms with van der Waals surface area (Å²) in [6.45, 7) is 8.12. The first-order valence-electron chi connectivity index (χ1n) is 5.66. The highest BCUT2D eigenvalue weighted by molar-refractivity contribution is 5.27. The molecule has 0 aliphatic carbocycles. The zero-order valence-electron chi connectivity index (χ0n) is 9.38. The van der Waals surface area contributed by atoms with Crippen LogP contribution in [0.15, 0.2) is 12.3 Å². The molecule has 0 spiro atoms. The summed E-state index contributed by atoms with van der Waals surface area (Å²) in [7, 11) is 0. The molecule has 2 heteroatoms. The van der Waals surface area contributed by atoms with Gasteiger partial charge < -0.3 is 4.98 Å². The summed E-state index contributed by atoms with van der Waals surface area (Å²) in [5, 5.41) is 0. The maximum absolute atomic E-state index is 3.35. The van der Waals surface area contributed by atoms with Crippen molar-refractivity contribution in [3.05, 3.63) is 23.5 Å². The van der Waals surface area contributed by atoms with Crippen molar-refractivity contribution in [3.8, 4) is 0 Å². The van der Waals surface area contributed by atoms with Gasteiger partial charge in [0.1, 0.15) is 0 Å². The zero-order chi connectivity index (χ0) is 10.1. The van der Waals surface area contributed by atoms with Crippen LogP contribution in [0.5, 0.6) is 0 Å². The second-order valence-electron chi connectivity index (χ2n) is 4.38. The van der Waals surface area contributed by atoms with E-state index in [1.54, 1.807) is 0 Å². The molecule has 2 heterocycles. The summed E-state index contributed by atoms with van der Waals surface area (Å²) in [6.07, 6.45) is 4.49. The van der Waals surface area contributed by atoms with E-state index in [0.717, 1.165) is 0 Å². The van der Waals surface area contributed by atoms with Crippen molar-refractivity contribution in [1.82, 2.24) is 9.88 Å². The van der Waals surface area contributed by atoms with E-state index in [-0.39, 0.29) is 0 Å². The predicted molar refractivity (Wildman–Crippen MR) is 59.4 cm³/mol. The molecule has 0 saturated carbocycles. The fourth-order valence-electron chi connectivity index (χ4n) is 2.63. The molecule has 1 N–H and O–H groups in total. The molecule has 0 bridgehead atoms. The second kappa shape index (κ2) is 3.77. The van der Waals surface area contributed by atoms with Gasteiger partial charge in [-0.2, -0.15) is 0 Å². The summed E-state index contributed by atoms with van der Waals surface area (Å²) >= 11 is 0. The fraction of sp³-hybridized carbons (Fsp3) is 0.667. The number of fused-ring (bicyclic) bond motifs is 1. The highest BCUT2D eigenvalue weighted by Gasteiger charge is 2.28. The molecule has 0 amide bonds. The Balaban J connectivity index is 2.25. The molecular formula is C12H20N2. The third-order valence-electron chi connectivity index (χ3n) is 3.36. The number of H-pyrrole nitrogens is 1. The molecule has 0 saturated heterocycles. The van der Waals surface area contributed by atoms with Crippen molar-refractivity contribution < 1.29 is 0 Å². The highest BCUT2D eigenvalue weighted by atomic mass is 15.2. The van der Waals surface area contributed by atoms with Crippen LogP contribution in [0.1, 0.15) is 44.5 Å². The molecule has 2 rings (SSSR count). The van der Waals surface area contributed by atoms with Gasteiger partial charge in [-0.1, -0.05) is 6.92 Å². The lowest BCUT2D eigenvalue weighted by Gasteiger charge is -2.38. The first-order valence-corrected chi connectivity index (χ1v) is 5.66. The summed E-state index contributed by atoms with van der Waals surface area (Å²) < 4.78 is 0. The third-order valence-corrected chi connectivity index (χ3v) is 3.36. The van der Waals surface area contributed by atoms with Gasteiger partial charge in [-0.3, -0.25) is 4.90 Å². The van der Waals surface area contributed by atoms with Crippen molar-refractivity contribution in [3.63, 3.8) is 0 Å². The largest absolute Gasteiger partial charge is 0.365 e. The molecule has 1 aromatic rings. The summed E-state index contributed by atoms with van der Waals surface area (Å²) in [5.41, 5.74) is 2.94. The van der Waals surface area contributed by atoms with Crippen LogP contribution >= 0.6 is 0 Å².